The summed E-state index contributed by atoms with van der Waals surface area (Å²) in [5.74, 6) is -3.02. The first-order chi connectivity index (χ1) is 14.7. The molecule has 7 nitrogen and oxygen atoms in total. The number of aliphatic carboxylic acids is 1. The fourth-order valence-corrected chi connectivity index (χ4v) is 3.57. The van der Waals surface area contributed by atoms with E-state index < -0.39 is 29.0 Å². The van der Waals surface area contributed by atoms with Gasteiger partial charge in [0.25, 0.3) is 0 Å². The van der Waals surface area contributed by atoms with Crippen LogP contribution in [0.5, 0.6) is 0 Å². The molecule has 0 aromatic heterocycles. The Labute approximate surface area is 177 Å². The summed E-state index contributed by atoms with van der Waals surface area (Å²) in [5.41, 5.74) is 11.4. The van der Waals surface area contributed by atoms with Gasteiger partial charge in [-0.15, -0.1) is 0 Å². The highest BCUT2D eigenvalue weighted by Gasteiger charge is 2.41. The number of halogens is 2. The SMILES string of the molecule is NCCC1(Nc2ccc(F)cc2)CC(C(=O)O)=C(C(N)=O)C=C1Nc1ccc(F)cc1. The molecule has 0 fully saturated rings. The van der Waals surface area contributed by atoms with Gasteiger partial charge in [0.2, 0.25) is 5.91 Å². The summed E-state index contributed by atoms with van der Waals surface area (Å²) in [6.07, 6.45) is 1.52. The van der Waals surface area contributed by atoms with Crippen LogP contribution in [0.2, 0.25) is 0 Å². The number of rotatable bonds is 8. The Hall–Kier alpha value is -3.72. The highest BCUT2D eigenvalue weighted by molar-refractivity contribution is 6.04. The maximum Gasteiger partial charge on any atom is 0.332 e. The zero-order valence-electron chi connectivity index (χ0n) is 16.5. The molecule has 1 amide bonds. The summed E-state index contributed by atoms with van der Waals surface area (Å²) in [5, 5.41) is 16.1. The Morgan fingerprint density at radius 3 is 2.03 bits per heavy atom. The van der Waals surface area contributed by atoms with Gasteiger partial charge in [-0.25, -0.2) is 13.6 Å². The molecule has 1 atom stereocenters. The van der Waals surface area contributed by atoms with E-state index in [4.69, 9.17) is 11.5 Å². The lowest BCUT2D eigenvalue weighted by molar-refractivity contribution is -0.133. The molecule has 0 saturated carbocycles. The predicted octanol–water partition coefficient (Wildman–Crippen LogP) is 2.73. The topological polar surface area (TPSA) is 130 Å². The lowest BCUT2D eigenvalue weighted by Gasteiger charge is -2.41. The van der Waals surface area contributed by atoms with Crippen molar-refractivity contribution in [3.05, 3.63) is 83.1 Å². The molecule has 1 aliphatic rings. The van der Waals surface area contributed by atoms with Gasteiger partial charge in [0.05, 0.1) is 16.7 Å². The number of nitrogens with two attached hydrogens (primary N) is 2. The quantitative estimate of drug-likeness (QED) is 0.440. The van der Waals surface area contributed by atoms with Crippen LogP contribution in [0.25, 0.3) is 0 Å². The van der Waals surface area contributed by atoms with Crippen molar-refractivity contribution in [3.8, 4) is 0 Å². The second-order valence-corrected chi connectivity index (χ2v) is 7.18. The molecule has 9 heteroatoms. The van der Waals surface area contributed by atoms with E-state index in [1.165, 1.54) is 54.6 Å². The van der Waals surface area contributed by atoms with Gasteiger partial charge >= 0.3 is 5.97 Å². The second kappa shape index (κ2) is 8.97. The molecule has 2 aromatic rings. The zero-order valence-corrected chi connectivity index (χ0v) is 16.5. The first-order valence-electron chi connectivity index (χ1n) is 9.49. The number of benzene rings is 2. The van der Waals surface area contributed by atoms with Crippen LogP contribution in [0.15, 0.2) is 71.5 Å². The molecule has 0 saturated heterocycles. The van der Waals surface area contributed by atoms with E-state index in [1.807, 2.05) is 0 Å². The molecule has 1 aliphatic carbocycles. The summed E-state index contributed by atoms with van der Waals surface area (Å²) in [7, 11) is 0. The van der Waals surface area contributed by atoms with E-state index in [2.05, 4.69) is 10.6 Å². The summed E-state index contributed by atoms with van der Waals surface area (Å²) in [4.78, 5) is 23.9. The molecular formula is C22H22F2N4O3. The third-order valence-corrected chi connectivity index (χ3v) is 5.05. The normalized spacial score (nSPS) is 18.4. The van der Waals surface area contributed by atoms with Crippen molar-refractivity contribution in [3.63, 3.8) is 0 Å². The Morgan fingerprint density at radius 1 is 1.00 bits per heavy atom. The molecule has 2 aromatic carbocycles. The van der Waals surface area contributed by atoms with Crippen LogP contribution in [0.3, 0.4) is 0 Å². The van der Waals surface area contributed by atoms with E-state index in [0.717, 1.165) is 0 Å². The molecule has 1 unspecified atom stereocenters. The summed E-state index contributed by atoms with van der Waals surface area (Å²) in [6, 6.07) is 11.1. The highest BCUT2D eigenvalue weighted by Crippen LogP contribution is 2.39. The number of hydrogen-bond acceptors (Lipinski definition) is 5. The predicted molar refractivity (Wildman–Crippen MR) is 113 cm³/mol. The van der Waals surface area contributed by atoms with Crippen LogP contribution in [0.1, 0.15) is 12.8 Å². The monoisotopic (exact) mass is 428 g/mol. The van der Waals surface area contributed by atoms with Crippen molar-refractivity contribution >= 4 is 23.3 Å². The number of carbonyl (C=O) groups excluding carboxylic acids is 1. The smallest absolute Gasteiger partial charge is 0.332 e. The third kappa shape index (κ3) is 4.89. The largest absolute Gasteiger partial charge is 0.478 e. The maximum atomic E-state index is 13.4. The Kier molecular flexibility index (Phi) is 6.36. The number of carboxylic acids is 1. The molecule has 0 spiro atoms. The molecule has 31 heavy (non-hydrogen) atoms. The van der Waals surface area contributed by atoms with Crippen LogP contribution in [0.4, 0.5) is 20.2 Å². The van der Waals surface area contributed by atoms with Gasteiger partial charge in [-0.2, -0.15) is 0 Å². The van der Waals surface area contributed by atoms with Gasteiger partial charge in [-0.1, -0.05) is 0 Å². The van der Waals surface area contributed by atoms with Crippen molar-refractivity contribution in [1.29, 1.82) is 0 Å². The van der Waals surface area contributed by atoms with Gasteiger partial charge in [0.15, 0.2) is 0 Å². The fraction of sp³-hybridized carbons (Fsp3) is 0.182. The van der Waals surface area contributed by atoms with E-state index in [0.29, 0.717) is 17.1 Å². The van der Waals surface area contributed by atoms with Crippen molar-refractivity contribution in [1.82, 2.24) is 0 Å². The number of nitrogens with one attached hydrogen (secondary N) is 2. The molecule has 0 bridgehead atoms. The molecule has 3 rings (SSSR count). The van der Waals surface area contributed by atoms with E-state index in [-0.39, 0.29) is 30.5 Å². The van der Waals surface area contributed by atoms with E-state index in [9.17, 15) is 23.5 Å². The second-order valence-electron chi connectivity index (χ2n) is 7.18. The molecule has 0 aliphatic heterocycles. The third-order valence-electron chi connectivity index (χ3n) is 5.05. The van der Waals surface area contributed by atoms with Gasteiger partial charge < -0.3 is 27.2 Å². The number of hydrogen-bond donors (Lipinski definition) is 5. The first kappa shape index (κ1) is 22.0. The van der Waals surface area contributed by atoms with Gasteiger partial charge in [0, 0.05) is 23.5 Å². The number of primary amides is 1. The standard InChI is InChI=1S/C22H22F2N4O3/c23-13-1-5-15(6-2-13)27-19-11-17(20(26)29)18(21(30)31)12-22(19,9-10-25)28-16-7-3-14(24)4-8-16/h1-8,11,27-28H,9-10,12,25H2,(H2,26,29)(H,30,31). The Balaban J connectivity index is 2.13. The number of carboxylic acid groups (broad SMARTS) is 1. The molecule has 0 heterocycles. The van der Waals surface area contributed by atoms with Crippen molar-refractivity contribution < 1.29 is 23.5 Å². The molecule has 0 radical (unpaired) electrons. The van der Waals surface area contributed by atoms with Gasteiger partial charge in [0.1, 0.15) is 11.6 Å². The minimum atomic E-state index is -1.28. The fourth-order valence-electron chi connectivity index (χ4n) is 3.57. The van der Waals surface area contributed by atoms with Crippen LogP contribution in [-0.4, -0.2) is 29.1 Å². The van der Waals surface area contributed by atoms with E-state index in [1.54, 1.807) is 0 Å². The summed E-state index contributed by atoms with van der Waals surface area (Å²) in [6.45, 7) is 0.176. The lowest BCUT2D eigenvalue weighted by atomic mass is 9.77. The molecule has 162 valence electrons. The Bertz CT molecular complexity index is 1050. The average Bonchev–Trinajstić information content (AvgIpc) is 2.72. The van der Waals surface area contributed by atoms with Crippen molar-refractivity contribution in [2.24, 2.45) is 11.5 Å². The highest BCUT2D eigenvalue weighted by atomic mass is 19.1. The molecular weight excluding hydrogens is 406 g/mol. The van der Waals surface area contributed by atoms with Gasteiger partial charge in [-0.05, 0) is 67.6 Å². The van der Waals surface area contributed by atoms with Crippen molar-refractivity contribution in [2.45, 2.75) is 18.4 Å². The number of anilines is 2. The lowest BCUT2D eigenvalue weighted by Crippen LogP contribution is -2.48. The van der Waals surface area contributed by atoms with E-state index >= 15 is 0 Å². The van der Waals surface area contributed by atoms with Crippen LogP contribution >= 0.6 is 0 Å². The van der Waals surface area contributed by atoms with Crippen LogP contribution in [0, 0.1) is 11.6 Å². The number of amides is 1. The minimum absolute atomic E-state index is 0.116. The van der Waals surface area contributed by atoms with Crippen LogP contribution in [-0.2, 0) is 9.59 Å². The zero-order chi connectivity index (χ0) is 22.6. The minimum Gasteiger partial charge on any atom is -0.478 e. The Morgan fingerprint density at radius 2 is 1.55 bits per heavy atom. The first-order valence-corrected chi connectivity index (χ1v) is 9.49. The summed E-state index contributed by atoms with van der Waals surface area (Å²) >= 11 is 0. The van der Waals surface area contributed by atoms with Crippen molar-refractivity contribution in [2.75, 3.05) is 17.2 Å². The van der Waals surface area contributed by atoms with Gasteiger partial charge in [-0.3, -0.25) is 4.79 Å². The van der Waals surface area contributed by atoms with Crippen LogP contribution < -0.4 is 22.1 Å². The number of carbonyl (C=O) groups is 2. The maximum absolute atomic E-state index is 13.4. The molecule has 7 N–H and O–H groups in total. The average molecular weight is 428 g/mol. The summed E-state index contributed by atoms with van der Waals surface area (Å²) < 4.78 is 26.7.